The molecule has 3 rings (SSSR count). The van der Waals surface area contributed by atoms with Crippen LogP contribution in [0.1, 0.15) is 11.1 Å². The Labute approximate surface area is 139 Å². The quantitative estimate of drug-likeness (QED) is 0.747. The molecule has 0 aliphatic rings. The molecule has 0 aliphatic carbocycles. The van der Waals surface area contributed by atoms with Gasteiger partial charge >= 0.3 is 0 Å². The zero-order valence-corrected chi connectivity index (χ0v) is 13.2. The van der Waals surface area contributed by atoms with Gasteiger partial charge in [-0.25, -0.2) is 4.98 Å². The van der Waals surface area contributed by atoms with E-state index in [1.807, 2.05) is 48.5 Å². The van der Waals surface area contributed by atoms with Gasteiger partial charge in [-0.15, -0.1) is 0 Å². The van der Waals surface area contributed by atoms with Crippen LogP contribution in [0, 0.1) is 0 Å². The van der Waals surface area contributed by atoms with E-state index in [2.05, 4.69) is 15.3 Å². The van der Waals surface area contributed by atoms with Crippen LogP contribution in [0.4, 0.5) is 5.82 Å². The van der Waals surface area contributed by atoms with Crippen LogP contribution in [-0.4, -0.2) is 15.1 Å². The zero-order chi connectivity index (χ0) is 16.1. The highest BCUT2D eigenvalue weighted by atomic mass is 35.5. The molecular weight excluding hydrogens is 310 g/mol. The summed E-state index contributed by atoms with van der Waals surface area (Å²) in [6, 6.07) is 15.3. The topological polar surface area (TPSA) is 58.0 Å². The van der Waals surface area contributed by atoms with E-state index in [-0.39, 0.29) is 6.61 Å². The third kappa shape index (κ3) is 4.06. The third-order valence-corrected chi connectivity index (χ3v) is 3.68. The summed E-state index contributed by atoms with van der Waals surface area (Å²) in [5.41, 5.74) is 3.73. The Morgan fingerprint density at radius 3 is 2.43 bits per heavy atom. The van der Waals surface area contributed by atoms with Crippen molar-refractivity contribution in [3.05, 3.63) is 77.1 Å². The summed E-state index contributed by atoms with van der Waals surface area (Å²) in [7, 11) is 0. The normalized spacial score (nSPS) is 10.5. The van der Waals surface area contributed by atoms with Crippen molar-refractivity contribution in [2.24, 2.45) is 0 Å². The van der Waals surface area contributed by atoms with E-state index in [4.69, 9.17) is 16.7 Å². The first kappa shape index (κ1) is 15.5. The predicted octanol–water partition coefficient (Wildman–Crippen LogP) is 3.90. The fourth-order valence-electron chi connectivity index (χ4n) is 2.19. The summed E-state index contributed by atoms with van der Waals surface area (Å²) >= 11 is 5.97. The number of rotatable bonds is 5. The van der Waals surface area contributed by atoms with Crippen LogP contribution in [0.5, 0.6) is 0 Å². The van der Waals surface area contributed by atoms with Gasteiger partial charge < -0.3 is 10.4 Å². The summed E-state index contributed by atoms with van der Waals surface area (Å²) in [5.74, 6) is 0.709. The first-order chi connectivity index (χ1) is 11.2. The number of aliphatic hydroxyl groups is 1. The lowest BCUT2D eigenvalue weighted by molar-refractivity contribution is 0.282. The third-order valence-electron chi connectivity index (χ3n) is 3.45. The number of hydrogen-bond donors (Lipinski definition) is 2. The molecule has 2 aromatic carbocycles. The highest BCUT2D eigenvalue weighted by molar-refractivity contribution is 6.30. The standard InChI is InChI=1S/C18H16ClN3O/c19-16-3-1-2-14(8-16)9-21-18-11-20-17(10-22-18)15-6-4-13(12-23)5-7-15/h1-8,10-11,23H,9,12H2,(H,21,22). The zero-order valence-electron chi connectivity index (χ0n) is 12.4. The van der Waals surface area contributed by atoms with Gasteiger partial charge in [-0.05, 0) is 23.3 Å². The van der Waals surface area contributed by atoms with E-state index >= 15 is 0 Å². The van der Waals surface area contributed by atoms with Crippen LogP contribution >= 0.6 is 11.6 Å². The SMILES string of the molecule is OCc1ccc(-c2cnc(NCc3cccc(Cl)c3)cn2)cc1. The number of halogens is 1. The van der Waals surface area contributed by atoms with Gasteiger partial charge in [-0.2, -0.15) is 0 Å². The molecule has 0 bridgehead atoms. The largest absolute Gasteiger partial charge is 0.392 e. The van der Waals surface area contributed by atoms with Crippen molar-refractivity contribution in [2.75, 3.05) is 5.32 Å². The van der Waals surface area contributed by atoms with Crippen molar-refractivity contribution in [3.8, 4) is 11.3 Å². The monoisotopic (exact) mass is 325 g/mol. The maximum absolute atomic E-state index is 9.06. The van der Waals surface area contributed by atoms with E-state index in [9.17, 15) is 0 Å². The number of aromatic nitrogens is 2. The average molecular weight is 326 g/mol. The molecule has 3 aromatic rings. The van der Waals surface area contributed by atoms with Crippen LogP contribution in [-0.2, 0) is 13.2 Å². The first-order valence-corrected chi connectivity index (χ1v) is 7.63. The van der Waals surface area contributed by atoms with Crippen LogP contribution in [0.15, 0.2) is 60.9 Å². The first-order valence-electron chi connectivity index (χ1n) is 7.25. The maximum Gasteiger partial charge on any atom is 0.144 e. The summed E-state index contributed by atoms with van der Waals surface area (Å²) < 4.78 is 0. The van der Waals surface area contributed by atoms with Crippen molar-refractivity contribution in [3.63, 3.8) is 0 Å². The Balaban J connectivity index is 1.66. The smallest absolute Gasteiger partial charge is 0.144 e. The molecule has 4 nitrogen and oxygen atoms in total. The van der Waals surface area contributed by atoms with Crippen molar-refractivity contribution in [2.45, 2.75) is 13.2 Å². The minimum Gasteiger partial charge on any atom is -0.392 e. The Kier molecular flexibility index (Phi) is 4.86. The molecule has 0 fully saturated rings. The van der Waals surface area contributed by atoms with Gasteiger partial charge in [0, 0.05) is 17.1 Å². The number of benzene rings is 2. The maximum atomic E-state index is 9.06. The number of hydrogen-bond acceptors (Lipinski definition) is 4. The van der Waals surface area contributed by atoms with Gasteiger partial charge in [0.25, 0.3) is 0 Å². The number of nitrogens with one attached hydrogen (secondary N) is 1. The number of nitrogens with zero attached hydrogens (tertiary/aromatic N) is 2. The molecule has 23 heavy (non-hydrogen) atoms. The van der Waals surface area contributed by atoms with Crippen LogP contribution in [0.25, 0.3) is 11.3 Å². The van der Waals surface area contributed by atoms with Crippen molar-refractivity contribution in [1.29, 1.82) is 0 Å². The van der Waals surface area contributed by atoms with E-state index in [0.29, 0.717) is 12.4 Å². The van der Waals surface area contributed by atoms with E-state index < -0.39 is 0 Å². The molecule has 0 aliphatic heterocycles. The summed E-state index contributed by atoms with van der Waals surface area (Å²) in [6.07, 6.45) is 3.44. The minimum absolute atomic E-state index is 0.0400. The van der Waals surface area contributed by atoms with Gasteiger partial charge in [-0.3, -0.25) is 4.98 Å². The van der Waals surface area contributed by atoms with Crippen LogP contribution in [0.2, 0.25) is 5.02 Å². The van der Waals surface area contributed by atoms with Gasteiger partial charge in [-0.1, -0.05) is 48.0 Å². The van der Waals surface area contributed by atoms with Crippen molar-refractivity contribution >= 4 is 17.4 Å². The molecule has 5 heteroatoms. The van der Waals surface area contributed by atoms with Gasteiger partial charge in [0.2, 0.25) is 0 Å². The minimum atomic E-state index is 0.0400. The second-order valence-electron chi connectivity index (χ2n) is 5.13. The van der Waals surface area contributed by atoms with Gasteiger partial charge in [0.15, 0.2) is 0 Å². The second-order valence-corrected chi connectivity index (χ2v) is 5.56. The number of anilines is 1. The van der Waals surface area contributed by atoms with Crippen molar-refractivity contribution in [1.82, 2.24) is 9.97 Å². The number of aliphatic hydroxyl groups excluding tert-OH is 1. The van der Waals surface area contributed by atoms with Crippen LogP contribution in [0.3, 0.4) is 0 Å². The second kappa shape index (κ2) is 7.22. The molecular formula is C18H16ClN3O. The van der Waals surface area contributed by atoms with Gasteiger partial charge in [0.1, 0.15) is 5.82 Å². The predicted molar refractivity (Wildman–Crippen MR) is 92.2 cm³/mol. The van der Waals surface area contributed by atoms with E-state index in [1.165, 1.54) is 0 Å². The lowest BCUT2D eigenvalue weighted by Gasteiger charge is -2.07. The molecule has 2 N–H and O–H groups in total. The molecule has 1 heterocycles. The Morgan fingerprint density at radius 2 is 1.78 bits per heavy atom. The Hall–Kier alpha value is -2.43. The molecule has 0 amide bonds. The fourth-order valence-corrected chi connectivity index (χ4v) is 2.40. The lowest BCUT2D eigenvalue weighted by Crippen LogP contribution is -2.02. The molecule has 0 saturated carbocycles. The van der Waals surface area contributed by atoms with Crippen LogP contribution < -0.4 is 5.32 Å². The molecule has 0 saturated heterocycles. The van der Waals surface area contributed by atoms with Gasteiger partial charge in [0.05, 0.1) is 24.7 Å². The molecule has 0 atom stereocenters. The summed E-state index contributed by atoms with van der Waals surface area (Å²) in [6.45, 7) is 0.679. The average Bonchev–Trinajstić information content (AvgIpc) is 2.61. The summed E-state index contributed by atoms with van der Waals surface area (Å²) in [5, 5.41) is 13.0. The molecule has 0 unspecified atom stereocenters. The molecule has 0 radical (unpaired) electrons. The highest BCUT2D eigenvalue weighted by Gasteiger charge is 2.02. The highest BCUT2D eigenvalue weighted by Crippen LogP contribution is 2.18. The Bertz CT molecular complexity index is 773. The molecule has 116 valence electrons. The van der Waals surface area contributed by atoms with E-state index in [1.54, 1.807) is 12.4 Å². The van der Waals surface area contributed by atoms with Crippen molar-refractivity contribution < 1.29 is 5.11 Å². The van der Waals surface area contributed by atoms with E-state index in [0.717, 1.165) is 27.4 Å². The summed E-state index contributed by atoms with van der Waals surface area (Å²) in [4.78, 5) is 8.80. The molecule has 1 aromatic heterocycles. The Morgan fingerprint density at radius 1 is 0.957 bits per heavy atom. The molecule has 0 spiro atoms. The fraction of sp³-hybridized carbons (Fsp3) is 0.111. The lowest BCUT2D eigenvalue weighted by atomic mass is 10.1.